The van der Waals surface area contributed by atoms with E-state index in [9.17, 15) is 0 Å². The molecule has 0 amide bonds. The molecule has 0 radical (unpaired) electrons. The van der Waals surface area contributed by atoms with Crippen LogP contribution in [-0.4, -0.2) is 25.7 Å². The Bertz CT molecular complexity index is 509. The van der Waals surface area contributed by atoms with Gasteiger partial charge in [0.15, 0.2) is 17.5 Å². The number of fused-ring (bicyclic) bond motifs is 1. The lowest BCUT2D eigenvalue weighted by Gasteiger charge is -2.20. The Morgan fingerprint density at radius 3 is 2.81 bits per heavy atom. The summed E-state index contributed by atoms with van der Waals surface area (Å²) in [6, 6.07) is 3.72. The van der Waals surface area contributed by atoms with Crippen LogP contribution in [0.4, 0.5) is 0 Å². The van der Waals surface area contributed by atoms with Gasteiger partial charge in [-0.05, 0) is 23.6 Å². The number of nitrogens with zero attached hydrogens (tertiary/aromatic N) is 1. The molecule has 0 fully saturated rings. The van der Waals surface area contributed by atoms with E-state index in [0.29, 0.717) is 48.2 Å². The Labute approximate surface area is 147 Å². The van der Waals surface area contributed by atoms with Crippen LogP contribution in [0.2, 0.25) is 5.02 Å². The second kappa shape index (κ2) is 8.53. The molecule has 0 saturated heterocycles. The van der Waals surface area contributed by atoms with Crippen molar-refractivity contribution in [3.05, 3.63) is 22.7 Å². The van der Waals surface area contributed by atoms with Gasteiger partial charge in [0, 0.05) is 6.54 Å². The molecule has 118 valence electrons. The summed E-state index contributed by atoms with van der Waals surface area (Å²) < 4.78 is 11.0. The molecule has 1 heterocycles. The number of hydrogen-bond acceptors (Lipinski definition) is 3. The molecular formula is C14H21ClIN3O2. The lowest BCUT2D eigenvalue weighted by molar-refractivity contribution is 0.171. The molecular weight excluding hydrogens is 405 g/mol. The minimum atomic E-state index is 0. The molecule has 1 aliphatic heterocycles. The molecule has 0 spiro atoms. The van der Waals surface area contributed by atoms with Crippen LogP contribution in [0, 0.1) is 5.92 Å². The van der Waals surface area contributed by atoms with Gasteiger partial charge in [-0.15, -0.1) is 24.0 Å². The van der Waals surface area contributed by atoms with E-state index in [1.54, 1.807) is 0 Å². The largest absolute Gasteiger partial charge is 0.486 e. The average Bonchev–Trinajstić information content (AvgIpc) is 2.43. The van der Waals surface area contributed by atoms with Crippen LogP contribution in [0.15, 0.2) is 17.1 Å². The first kappa shape index (κ1) is 18.2. The smallest absolute Gasteiger partial charge is 0.188 e. The fourth-order valence-electron chi connectivity index (χ4n) is 1.80. The van der Waals surface area contributed by atoms with Crippen molar-refractivity contribution in [3.8, 4) is 11.5 Å². The summed E-state index contributed by atoms with van der Waals surface area (Å²) in [6.45, 7) is 6.54. The van der Waals surface area contributed by atoms with Crippen molar-refractivity contribution in [1.29, 1.82) is 0 Å². The molecule has 0 saturated carbocycles. The number of aliphatic imine (C=N–C) groups is 1. The van der Waals surface area contributed by atoms with E-state index < -0.39 is 0 Å². The van der Waals surface area contributed by atoms with E-state index in [1.807, 2.05) is 12.1 Å². The van der Waals surface area contributed by atoms with Gasteiger partial charge in [-0.3, -0.25) is 0 Å². The first-order valence-corrected chi connectivity index (χ1v) is 7.06. The number of hydrogen-bond donors (Lipinski definition) is 2. The summed E-state index contributed by atoms with van der Waals surface area (Å²) >= 11 is 6.17. The standard InChI is InChI=1S/C14H20ClN3O2.HI/c1-9(2)7-17-14(16)18-8-10-5-11(15)13-12(6-10)19-3-4-20-13;/h5-6,9H,3-4,7-8H2,1-2H3,(H3,16,17,18);1H. The van der Waals surface area contributed by atoms with Gasteiger partial charge in [0.25, 0.3) is 0 Å². The van der Waals surface area contributed by atoms with Gasteiger partial charge >= 0.3 is 0 Å². The number of nitrogens with one attached hydrogen (secondary N) is 1. The van der Waals surface area contributed by atoms with Crippen molar-refractivity contribution in [2.75, 3.05) is 19.8 Å². The Morgan fingerprint density at radius 1 is 1.38 bits per heavy atom. The summed E-state index contributed by atoms with van der Waals surface area (Å²) in [7, 11) is 0. The van der Waals surface area contributed by atoms with E-state index in [1.165, 1.54) is 0 Å². The van der Waals surface area contributed by atoms with Crippen LogP contribution < -0.4 is 20.5 Å². The highest BCUT2D eigenvalue weighted by Gasteiger charge is 2.16. The fraction of sp³-hybridized carbons (Fsp3) is 0.500. The summed E-state index contributed by atoms with van der Waals surface area (Å²) in [6.07, 6.45) is 0. The van der Waals surface area contributed by atoms with Gasteiger partial charge in [-0.1, -0.05) is 25.4 Å². The van der Waals surface area contributed by atoms with Crippen LogP contribution in [0.5, 0.6) is 11.5 Å². The Balaban J connectivity index is 0.00000220. The maximum Gasteiger partial charge on any atom is 0.188 e. The van der Waals surface area contributed by atoms with Gasteiger partial charge in [0.1, 0.15) is 13.2 Å². The van der Waals surface area contributed by atoms with E-state index >= 15 is 0 Å². The van der Waals surface area contributed by atoms with E-state index in [4.69, 9.17) is 26.8 Å². The summed E-state index contributed by atoms with van der Waals surface area (Å²) in [4.78, 5) is 4.28. The Hall–Kier alpha value is -0.890. The first-order chi connectivity index (χ1) is 9.56. The molecule has 0 atom stereocenters. The van der Waals surface area contributed by atoms with Crippen molar-refractivity contribution in [3.63, 3.8) is 0 Å². The number of rotatable bonds is 4. The van der Waals surface area contributed by atoms with Crippen LogP contribution >= 0.6 is 35.6 Å². The topological polar surface area (TPSA) is 68.9 Å². The summed E-state index contributed by atoms with van der Waals surface area (Å²) in [5, 5.41) is 3.61. The third kappa shape index (κ3) is 5.43. The molecule has 0 unspecified atom stereocenters. The van der Waals surface area contributed by atoms with Crippen molar-refractivity contribution < 1.29 is 9.47 Å². The van der Waals surface area contributed by atoms with Crippen LogP contribution in [0.25, 0.3) is 0 Å². The highest BCUT2D eigenvalue weighted by Crippen LogP contribution is 2.38. The third-order valence-electron chi connectivity index (χ3n) is 2.78. The van der Waals surface area contributed by atoms with Gasteiger partial charge in [0.2, 0.25) is 0 Å². The summed E-state index contributed by atoms with van der Waals surface area (Å²) in [5.74, 6) is 2.23. The van der Waals surface area contributed by atoms with E-state index in [2.05, 4.69) is 24.2 Å². The number of nitrogens with two attached hydrogens (primary N) is 1. The molecule has 0 aromatic heterocycles. The van der Waals surface area contributed by atoms with E-state index in [-0.39, 0.29) is 24.0 Å². The van der Waals surface area contributed by atoms with E-state index in [0.717, 1.165) is 12.1 Å². The molecule has 1 aromatic rings. The van der Waals surface area contributed by atoms with Crippen molar-refractivity contribution in [2.24, 2.45) is 16.6 Å². The van der Waals surface area contributed by atoms with Gasteiger partial charge < -0.3 is 20.5 Å². The number of benzene rings is 1. The van der Waals surface area contributed by atoms with Crippen LogP contribution in [0.3, 0.4) is 0 Å². The minimum Gasteiger partial charge on any atom is -0.486 e. The molecule has 1 aliphatic rings. The van der Waals surface area contributed by atoms with Crippen molar-refractivity contribution in [1.82, 2.24) is 5.32 Å². The predicted molar refractivity (Wildman–Crippen MR) is 96.0 cm³/mol. The van der Waals surface area contributed by atoms with Gasteiger partial charge in [0.05, 0.1) is 11.6 Å². The Morgan fingerprint density at radius 2 is 2.10 bits per heavy atom. The molecule has 1 aromatic carbocycles. The first-order valence-electron chi connectivity index (χ1n) is 6.68. The SMILES string of the molecule is CC(C)CNC(N)=NCc1cc(Cl)c2c(c1)OCCO2.I. The third-order valence-corrected chi connectivity index (χ3v) is 3.06. The lowest BCUT2D eigenvalue weighted by Crippen LogP contribution is -2.34. The number of guanidine groups is 1. The van der Waals surface area contributed by atoms with Crippen molar-refractivity contribution in [2.45, 2.75) is 20.4 Å². The molecule has 2 rings (SSSR count). The quantitative estimate of drug-likeness (QED) is 0.442. The molecule has 0 aliphatic carbocycles. The number of halogens is 2. The zero-order valence-electron chi connectivity index (χ0n) is 12.2. The molecule has 0 bridgehead atoms. The second-order valence-corrected chi connectivity index (χ2v) is 5.49. The average molecular weight is 426 g/mol. The zero-order valence-corrected chi connectivity index (χ0v) is 15.3. The van der Waals surface area contributed by atoms with Gasteiger partial charge in [-0.25, -0.2) is 4.99 Å². The van der Waals surface area contributed by atoms with Gasteiger partial charge in [-0.2, -0.15) is 0 Å². The fourth-order valence-corrected chi connectivity index (χ4v) is 2.08. The molecule has 5 nitrogen and oxygen atoms in total. The molecule has 3 N–H and O–H groups in total. The monoisotopic (exact) mass is 425 g/mol. The normalized spacial score (nSPS) is 13.8. The number of ether oxygens (including phenoxy) is 2. The minimum absolute atomic E-state index is 0. The maximum absolute atomic E-state index is 6.17. The van der Waals surface area contributed by atoms with Crippen LogP contribution in [0.1, 0.15) is 19.4 Å². The zero-order chi connectivity index (χ0) is 14.5. The van der Waals surface area contributed by atoms with Crippen molar-refractivity contribution >= 4 is 41.5 Å². The highest BCUT2D eigenvalue weighted by molar-refractivity contribution is 14.0. The predicted octanol–water partition coefficient (Wildman–Crippen LogP) is 2.79. The van der Waals surface area contributed by atoms with Crippen LogP contribution in [-0.2, 0) is 6.54 Å². The maximum atomic E-state index is 6.17. The second-order valence-electron chi connectivity index (χ2n) is 5.08. The Kier molecular flexibility index (Phi) is 7.37. The summed E-state index contributed by atoms with van der Waals surface area (Å²) in [5.41, 5.74) is 6.73. The lowest BCUT2D eigenvalue weighted by atomic mass is 10.2. The molecule has 7 heteroatoms. The highest BCUT2D eigenvalue weighted by atomic mass is 127. The molecule has 21 heavy (non-hydrogen) atoms.